The van der Waals surface area contributed by atoms with Gasteiger partial charge in [-0.05, 0) is 24.3 Å². The van der Waals surface area contributed by atoms with Crippen LogP contribution < -0.4 is 11.5 Å². The topological polar surface area (TPSA) is 139 Å². The van der Waals surface area contributed by atoms with Crippen molar-refractivity contribution in [2.24, 2.45) is 16.5 Å². The maximum Gasteiger partial charge on any atom is 0.336 e. The normalized spacial score (nSPS) is 9.09. The van der Waals surface area contributed by atoms with Gasteiger partial charge in [-0.3, -0.25) is 0 Å². The third-order valence-electron chi connectivity index (χ3n) is 2.40. The van der Waals surface area contributed by atoms with Crippen LogP contribution in [0.1, 0.15) is 20.7 Å². The number of carbonyl (C=O) groups is 2. The van der Waals surface area contributed by atoms with Gasteiger partial charge in [-0.25, -0.2) is 14.6 Å². The predicted octanol–water partition coefficient (Wildman–Crippen LogP) is 1.67. The Morgan fingerprint density at radius 2 is 1.18 bits per heavy atom. The summed E-state index contributed by atoms with van der Waals surface area (Å²) >= 11 is 0. The Balaban J connectivity index is 0.000000224. The molecule has 0 saturated heterocycles. The van der Waals surface area contributed by atoms with E-state index in [-0.39, 0.29) is 17.1 Å². The van der Waals surface area contributed by atoms with E-state index >= 15 is 0 Å². The van der Waals surface area contributed by atoms with E-state index in [1.807, 2.05) is 30.3 Å². The Labute approximate surface area is 126 Å². The Kier molecular flexibility index (Phi) is 6.11. The second-order valence-corrected chi connectivity index (χ2v) is 4.03. The first-order valence-corrected chi connectivity index (χ1v) is 6.12. The molecule has 2 rings (SSSR count). The predicted molar refractivity (Wildman–Crippen MR) is 82.3 cm³/mol. The number of rotatable bonds is 3. The summed E-state index contributed by atoms with van der Waals surface area (Å²) in [4.78, 5) is 24.8. The molecule has 0 bridgehead atoms. The molecule has 0 spiro atoms. The largest absolute Gasteiger partial charge is 0.478 e. The van der Waals surface area contributed by atoms with E-state index in [0.29, 0.717) is 0 Å². The summed E-state index contributed by atoms with van der Waals surface area (Å²) < 4.78 is 0. The number of carboxylic acids is 2. The zero-order valence-electron chi connectivity index (χ0n) is 11.5. The first-order chi connectivity index (χ1) is 10.4. The van der Waals surface area contributed by atoms with E-state index in [9.17, 15) is 9.59 Å². The maximum absolute atomic E-state index is 10.5. The molecule has 0 unspecified atom stereocenters. The van der Waals surface area contributed by atoms with Crippen molar-refractivity contribution in [3.05, 3.63) is 65.7 Å². The highest BCUT2D eigenvalue weighted by atomic mass is 16.4. The van der Waals surface area contributed by atoms with Gasteiger partial charge in [0.25, 0.3) is 0 Å². The molecule has 7 nitrogen and oxygen atoms in total. The minimum atomic E-state index is -1.23. The number of carboxylic acid groups (broad SMARTS) is 2. The van der Waals surface area contributed by atoms with Crippen LogP contribution in [0.4, 0.5) is 5.69 Å². The minimum absolute atomic E-state index is 0.0891. The highest BCUT2D eigenvalue weighted by Gasteiger charge is 2.13. The molecule has 0 fully saturated rings. The quantitative estimate of drug-likeness (QED) is 0.502. The highest BCUT2D eigenvalue weighted by molar-refractivity contribution is 6.01. The number of hydrogen-bond donors (Lipinski definition) is 4. The molecule has 0 saturated carbocycles. The van der Waals surface area contributed by atoms with Crippen LogP contribution in [0.15, 0.2) is 59.6 Å². The van der Waals surface area contributed by atoms with Crippen molar-refractivity contribution in [2.75, 3.05) is 0 Å². The van der Waals surface area contributed by atoms with Gasteiger partial charge in [0.05, 0.1) is 16.8 Å². The first kappa shape index (κ1) is 16.7. The summed E-state index contributed by atoms with van der Waals surface area (Å²) in [7, 11) is 0. The van der Waals surface area contributed by atoms with Crippen molar-refractivity contribution in [3.8, 4) is 0 Å². The van der Waals surface area contributed by atoms with Crippen molar-refractivity contribution >= 4 is 23.6 Å². The summed E-state index contributed by atoms with van der Waals surface area (Å²) in [5.41, 5.74) is 10.7. The van der Waals surface area contributed by atoms with Gasteiger partial charge in [0.1, 0.15) is 0 Å². The summed E-state index contributed by atoms with van der Waals surface area (Å²) in [5.74, 6) is -2.37. The summed E-state index contributed by atoms with van der Waals surface area (Å²) in [6.07, 6.45) is 0. The van der Waals surface area contributed by atoms with E-state index in [4.69, 9.17) is 21.7 Å². The molecule has 0 heterocycles. The van der Waals surface area contributed by atoms with Crippen LogP contribution in [0.5, 0.6) is 0 Å². The fraction of sp³-hybridized carbons (Fsp3) is 0. The van der Waals surface area contributed by atoms with Crippen molar-refractivity contribution in [2.45, 2.75) is 0 Å². The van der Waals surface area contributed by atoms with Crippen molar-refractivity contribution < 1.29 is 19.8 Å². The average Bonchev–Trinajstić information content (AvgIpc) is 2.48. The molecule has 0 aliphatic carbocycles. The van der Waals surface area contributed by atoms with Crippen LogP contribution in [0.2, 0.25) is 0 Å². The number of aliphatic imine (C=N–C) groups is 1. The van der Waals surface area contributed by atoms with Gasteiger partial charge in [-0.15, -0.1) is 0 Å². The van der Waals surface area contributed by atoms with Gasteiger partial charge in [0.2, 0.25) is 0 Å². The van der Waals surface area contributed by atoms with E-state index in [2.05, 4.69) is 4.99 Å². The molecule has 6 N–H and O–H groups in total. The van der Waals surface area contributed by atoms with Crippen molar-refractivity contribution in [1.29, 1.82) is 0 Å². The molecule has 2 aromatic carbocycles. The lowest BCUT2D eigenvalue weighted by Gasteiger charge is -1.98. The van der Waals surface area contributed by atoms with Gasteiger partial charge < -0.3 is 21.7 Å². The molecule has 0 radical (unpaired) electrons. The molecular weight excluding hydrogens is 286 g/mol. The Bertz CT molecular complexity index is 647. The van der Waals surface area contributed by atoms with Gasteiger partial charge in [0, 0.05) is 0 Å². The molecule has 114 valence electrons. The number of nitrogens with zero attached hydrogens (tertiary/aromatic N) is 1. The Hall–Kier alpha value is -3.35. The summed E-state index contributed by atoms with van der Waals surface area (Å²) in [6.45, 7) is 0. The zero-order valence-corrected chi connectivity index (χ0v) is 11.5. The van der Waals surface area contributed by atoms with E-state index in [0.717, 1.165) is 5.69 Å². The minimum Gasteiger partial charge on any atom is -0.478 e. The fourth-order valence-corrected chi connectivity index (χ4v) is 1.51. The van der Waals surface area contributed by atoms with Gasteiger partial charge in [0.15, 0.2) is 5.96 Å². The SMILES string of the molecule is NC(N)=Nc1ccccc1.O=C(O)c1ccccc1C(=O)O. The Morgan fingerprint density at radius 3 is 1.55 bits per heavy atom. The van der Waals surface area contributed by atoms with Crippen LogP contribution in [0.3, 0.4) is 0 Å². The van der Waals surface area contributed by atoms with E-state index < -0.39 is 11.9 Å². The summed E-state index contributed by atoms with van der Waals surface area (Å²) in [5, 5.41) is 17.1. The van der Waals surface area contributed by atoms with Crippen LogP contribution in [-0.4, -0.2) is 28.1 Å². The second-order valence-electron chi connectivity index (χ2n) is 4.03. The number of aromatic carboxylic acids is 2. The lowest BCUT2D eigenvalue weighted by atomic mass is 10.1. The first-order valence-electron chi connectivity index (χ1n) is 6.12. The van der Waals surface area contributed by atoms with Crippen molar-refractivity contribution in [1.82, 2.24) is 0 Å². The molecular formula is C15H15N3O4. The highest BCUT2D eigenvalue weighted by Crippen LogP contribution is 2.08. The lowest BCUT2D eigenvalue weighted by Crippen LogP contribution is -2.21. The molecule has 0 amide bonds. The third-order valence-corrected chi connectivity index (χ3v) is 2.40. The van der Waals surface area contributed by atoms with Crippen LogP contribution in [-0.2, 0) is 0 Å². The number of para-hydroxylation sites is 1. The van der Waals surface area contributed by atoms with Crippen LogP contribution >= 0.6 is 0 Å². The van der Waals surface area contributed by atoms with Crippen LogP contribution in [0.25, 0.3) is 0 Å². The standard InChI is InChI=1S/C8H6O4.C7H9N3/c9-7(10)5-3-1-2-4-6(5)8(11)12;8-7(9)10-6-4-2-1-3-5-6/h1-4H,(H,9,10)(H,11,12);1-5H,(H4,8,9,10). The molecule has 0 aliphatic heterocycles. The van der Waals surface area contributed by atoms with Crippen LogP contribution in [0, 0.1) is 0 Å². The number of guanidine groups is 1. The second kappa shape index (κ2) is 8.05. The lowest BCUT2D eigenvalue weighted by molar-refractivity contribution is 0.0651. The number of hydrogen-bond acceptors (Lipinski definition) is 3. The molecule has 0 aromatic heterocycles. The van der Waals surface area contributed by atoms with Gasteiger partial charge in [-0.1, -0.05) is 30.3 Å². The Morgan fingerprint density at radius 1 is 0.773 bits per heavy atom. The number of benzene rings is 2. The molecule has 7 heteroatoms. The zero-order chi connectivity index (χ0) is 16.5. The maximum atomic E-state index is 10.5. The number of nitrogens with two attached hydrogens (primary N) is 2. The fourth-order valence-electron chi connectivity index (χ4n) is 1.51. The molecule has 0 aliphatic rings. The monoisotopic (exact) mass is 301 g/mol. The van der Waals surface area contributed by atoms with Gasteiger partial charge >= 0.3 is 11.9 Å². The molecule has 22 heavy (non-hydrogen) atoms. The third kappa shape index (κ3) is 5.33. The smallest absolute Gasteiger partial charge is 0.336 e. The van der Waals surface area contributed by atoms with Gasteiger partial charge in [-0.2, -0.15) is 0 Å². The average molecular weight is 301 g/mol. The molecule has 0 atom stereocenters. The van der Waals surface area contributed by atoms with E-state index in [1.54, 1.807) is 0 Å². The van der Waals surface area contributed by atoms with Crippen molar-refractivity contribution in [3.63, 3.8) is 0 Å². The summed E-state index contributed by atoms with van der Waals surface area (Å²) in [6, 6.07) is 14.8. The van der Waals surface area contributed by atoms with E-state index in [1.165, 1.54) is 24.3 Å². The molecule has 2 aromatic rings.